The zero-order valence-corrected chi connectivity index (χ0v) is 10.8. The summed E-state index contributed by atoms with van der Waals surface area (Å²) in [5.74, 6) is 2.27. The molecule has 0 saturated carbocycles. The highest BCUT2D eigenvalue weighted by molar-refractivity contribution is 5.81. The summed E-state index contributed by atoms with van der Waals surface area (Å²) < 4.78 is 0. The Bertz CT molecular complexity index is 300. The van der Waals surface area contributed by atoms with Crippen molar-refractivity contribution < 1.29 is 4.79 Å². The summed E-state index contributed by atoms with van der Waals surface area (Å²) in [5.41, 5.74) is 5.84. The molecule has 1 aliphatic heterocycles. The molecule has 0 bridgehead atoms. The zero-order valence-electron chi connectivity index (χ0n) is 10.8. The number of terminal acetylenes is 1. The molecule has 1 heterocycles. The van der Waals surface area contributed by atoms with Gasteiger partial charge in [-0.15, -0.1) is 12.3 Å². The minimum absolute atomic E-state index is 0.136. The number of rotatable bonds is 4. The molecule has 1 saturated heterocycles. The standard InChI is InChI=1S/C13H23N3O/c1-4-5-11(14)12(17)15-10-13(2)6-8-16(3)9-7-13/h1,11H,5-10,14H2,2-3H3,(H,15,17). The van der Waals surface area contributed by atoms with Crippen molar-refractivity contribution in [3.05, 3.63) is 0 Å². The Labute approximate surface area is 104 Å². The van der Waals surface area contributed by atoms with Crippen molar-refractivity contribution in [3.8, 4) is 12.3 Å². The third-order valence-corrected chi connectivity index (χ3v) is 3.56. The Hall–Kier alpha value is -1.05. The number of nitrogens with zero attached hydrogens (tertiary/aromatic N) is 1. The number of amides is 1. The molecule has 0 aromatic carbocycles. The van der Waals surface area contributed by atoms with Gasteiger partial charge in [0.2, 0.25) is 5.91 Å². The van der Waals surface area contributed by atoms with Gasteiger partial charge < -0.3 is 16.0 Å². The highest BCUT2D eigenvalue weighted by Gasteiger charge is 2.29. The van der Waals surface area contributed by atoms with Crippen molar-refractivity contribution in [2.75, 3.05) is 26.7 Å². The maximum atomic E-state index is 11.6. The van der Waals surface area contributed by atoms with E-state index in [0.29, 0.717) is 13.0 Å². The molecule has 1 amide bonds. The molecular formula is C13H23N3O. The molecule has 0 aliphatic carbocycles. The van der Waals surface area contributed by atoms with E-state index in [1.807, 2.05) is 0 Å². The van der Waals surface area contributed by atoms with Crippen molar-refractivity contribution >= 4 is 5.91 Å². The number of nitrogens with two attached hydrogens (primary N) is 1. The Kier molecular flexibility index (Phi) is 4.98. The van der Waals surface area contributed by atoms with Crippen LogP contribution in [0, 0.1) is 17.8 Å². The molecule has 1 unspecified atom stereocenters. The van der Waals surface area contributed by atoms with E-state index in [2.05, 4.69) is 30.1 Å². The summed E-state index contributed by atoms with van der Waals surface area (Å²) in [6.07, 6.45) is 7.64. The molecule has 1 aliphatic rings. The SMILES string of the molecule is C#CCC(N)C(=O)NCC1(C)CCN(C)CC1. The average Bonchev–Trinajstić information content (AvgIpc) is 2.31. The van der Waals surface area contributed by atoms with Gasteiger partial charge in [0.1, 0.15) is 0 Å². The third-order valence-electron chi connectivity index (χ3n) is 3.56. The number of hydrogen-bond donors (Lipinski definition) is 2. The smallest absolute Gasteiger partial charge is 0.237 e. The molecule has 3 N–H and O–H groups in total. The second-order valence-corrected chi connectivity index (χ2v) is 5.35. The predicted octanol–water partition coefficient (Wildman–Crippen LogP) is 0.185. The van der Waals surface area contributed by atoms with Crippen LogP contribution in [-0.4, -0.2) is 43.5 Å². The van der Waals surface area contributed by atoms with Crippen molar-refractivity contribution in [3.63, 3.8) is 0 Å². The first-order valence-electron chi connectivity index (χ1n) is 6.12. The topological polar surface area (TPSA) is 58.4 Å². The van der Waals surface area contributed by atoms with Crippen molar-refractivity contribution in [2.45, 2.75) is 32.2 Å². The lowest BCUT2D eigenvalue weighted by Crippen LogP contribution is -2.47. The molecule has 1 rings (SSSR count). The van der Waals surface area contributed by atoms with E-state index in [1.54, 1.807) is 0 Å². The Morgan fingerprint density at radius 3 is 2.71 bits per heavy atom. The van der Waals surface area contributed by atoms with Gasteiger partial charge in [0, 0.05) is 13.0 Å². The quantitative estimate of drug-likeness (QED) is 0.686. The number of carbonyl (C=O) groups is 1. The number of carbonyl (C=O) groups excluding carboxylic acids is 1. The Morgan fingerprint density at radius 2 is 2.18 bits per heavy atom. The highest BCUT2D eigenvalue weighted by Crippen LogP contribution is 2.29. The van der Waals surface area contributed by atoms with Crippen LogP contribution in [0.1, 0.15) is 26.2 Å². The van der Waals surface area contributed by atoms with Gasteiger partial charge in [0.15, 0.2) is 0 Å². The highest BCUT2D eigenvalue weighted by atomic mass is 16.2. The van der Waals surface area contributed by atoms with Gasteiger partial charge in [-0.1, -0.05) is 6.92 Å². The summed E-state index contributed by atoms with van der Waals surface area (Å²) in [6, 6.07) is -0.574. The second-order valence-electron chi connectivity index (χ2n) is 5.35. The largest absolute Gasteiger partial charge is 0.354 e. The van der Waals surface area contributed by atoms with E-state index in [1.165, 1.54) is 0 Å². The summed E-state index contributed by atoms with van der Waals surface area (Å²) >= 11 is 0. The van der Waals surface area contributed by atoms with Crippen molar-refractivity contribution in [1.29, 1.82) is 0 Å². The predicted molar refractivity (Wildman–Crippen MR) is 69.3 cm³/mol. The number of piperidine rings is 1. The molecule has 0 spiro atoms. The van der Waals surface area contributed by atoms with Crippen LogP contribution in [0.2, 0.25) is 0 Å². The lowest BCUT2D eigenvalue weighted by Gasteiger charge is -2.38. The van der Waals surface area contributed by atoms with Crippen LogP contribution in [0.3, 0.4) is 0 Å². The Balaban J connectivity index is 2.35. The van der Waals surface area contributed by atoms with Gasteiger partial charge in [-0.25, -0.2) is 0 Å². The van der Waals surface area contributed by atoms with E-state index in [-0.39, 0.29) is 11.3 Å². The van der Waals surface area contributed by atoms with Crippen LogP contribution in [0.15, 0.2) is 0 Å². The molecule has 96 valence electrons. The third kappa shape index (κ3) is 4.37. The van der Waals surface area contributed by atoms with Crippen LogP contribution < -0.4 is 11.1 Å². The molecule has 4 nitrogen and oxygen atoms in total. The van der Waals surface area contributed by atoms with Gasteiger partial charge in [-0.2, -0.15) is 0 Å². The maximum Gasteiger partial charge on any atom is 0.237 e. The lowest BCUT2D eigenvalue weighted by atomic mass is 9.80. The van der Waals surface area contributed by atoms with Crippen LogP contribution in [0.5, 0.6) is 0 Å². The fraction of sp³-hybridized carbons (Fsp3) is 0.769. The van der Waals surface area contributed by atoms with E-state index < -0.39 is 6.04 Å². The number of nitrogens with one attached hydrogen (secondary N) is 1. The molecule has 0 radical (unpaired) electrons. The normalized spacial score (nSPS) is 21.5. The number of hydrogen-bond acceptors (Lipinski definition) is 3. The van der Waals surface area contributed by atoms with Crippen molar-refractivity contribution in [2.24, 2.45) is 11.1 Å². The lowest BCUT2D eigenvalue weighted by molar-refractivity contribution is -0.122. The average molecular weight is 237 g/mol. The molecule has 1 fully saturated rings. The molecule has 4 heteroatoms. The molecular weight excluding hydrogens is 214 g/mol. The fourth-order valence-electron chi connectivity index (χ4n) is 1.99. The van der Waals surface area contributed by atoms with Gasteiger partial charge >= 0.3 is 0 Å². The first-order valence-corrected chi connectivity index (χ1v) is 6.12. The van der Waals surface area contributed by atoms with Crippen LogP contribution in [0.4, 0.5) is 0 Å². The molecule has 1 atom stereocenters. The Morgan fingerprint density at radius 1 is 1.59 bits per heavy atom. The first kappa shape index (κ1) is 14.0. The van der Waals surface area contributed by atoms with Crippen LogP contribution in [-0.2, 0) is 4.79 Å². The molecule has 17 heavy (non-hydrogen) atoms. The number of likely N-dealkylation sites (tertiary alicyclic amines) is 1. The summed E-state index contributed by atoms with van der Waals surface area (Å²) in [7, 11) is 2.13. The fourth-order valence-corrected chi connectivity index (χ4v) is 1.99. The summed E-state index contributed by atoms with van der Waals surface area (Å²) in [6.45, 7) is 5.08. The van der Waals surface area contributed by atoms with E-state index in [9.17, 15) is 4.79 Å². The first-order chi connectivity index (χ1) is 7.97. The minimum Gasteiger partial charge on any atom is -0.354 e. The van der Waals surface area contributed by atoms with Crippen LogP contribution in [0.25, 0.3) is 0 Å². The molecule has 0 aromatic rings. The van der Waals surface area contributed by atoms with E-state index in [0.717, 1.165) is 25.9 Å². The minimum atomic E-state index is -0.574. The summed E-state index contributed by atoms with van der Waals surface area (Å²) in [4.78, 5) is 14.0. The zero-order chi connectivity index (χ0) is 12.9. The van der Waals surface area contributed by atoms with Crippen molar-refractivity contribution in [1.82, 2.24) is 10.2 Å². The molecule has 0 aromatic heterocycles. The monoisotopic (exact) mass is 237 g/mol. The van der Waals surface area contributed by atoms with Gasteiger partial charge in [0.05, 0.1) is 6.04 Å². The van der Waals surface area contributed by atoms with E-state index in [4.69, 9.17) is 12.2 Å². The van der Waals surface area contributed by atoms with Crippen LogP contribution >= 0.6 is 0 Å². The van der Waals surface area contributed by atoms with E-state index >= 15 is 0 Å². The maximum absolute atomic E-state index is 11.6. The second kappa shape index (κ2) is 6.04. The van der Waals surface area contributed by atoms with Gasteiger partial charge in [-0.3, -0.25) is 4.79 Å². The van der Waals surface area contributed by atoms with Gasteiger partial charge in [0.25, 0.3) is 0 Å². The summed E-state index contributed by atoms with van der Waals surface area (Å²) in [5, 5.41) is 2.91. The van der Waals surface area contributed by atoms with Gasteiger partial charge in [-0.05, 0) is 38.4 Å².